The first-order valence-corrected chi connectivity index (χ1v) is 12.9. The normalized spacial score (nSPS) is 11.5. The molecule has 0 bridgehead atoms. The lowest BCUT2D eigenvalue weighted by molar-refractivity contribution is 0.102. The van der Waals surface area contributed by atoms with Gasteiger partial charge in [0.15, 0.2) is 10.9 Å². The standard InChI is InChI=1S/C24H21N3O4S2/c1-16-7-13-19(14-8-16)27-23(29)20-5-3-4-6-21(20)25-24(27)32-15-22(28)17-9-11-18(12-10-17)26-33(2,30)31/h3-14,26H,15H2,1-2H3. The molecular formula is C24H21N3O4S2. The number of para-hydroxylation sites is 1. The minimum absolute atomic E-state index is 0.0650. The fourth-order valence-corrected chi connectivity index (χ4v) is 4.75. The lowest BCUT2D eigenvalue weighted by Gasteiger charge is -2.13. The second kappa shape index (κ2) is 9.21. The highest BCUT2D eigenvalue weighted by Gasteiger charge is 2.15. The summed E-state index contributed by atoms with van der Waals surface area (Å²) in [6, 6.07) is 20.9. The molecule has 0 atom stereocenters. The Hall–Kier alpha value is -3.43. The third-order valence-corrected chi connectivity index (χ3v) is 6.42. The first-order valence-electron chi connectivity index (χ1n) is 10.0. The minimum atomic E-state index is -3.39. The van der Waals surface area contributed by atoms with Gasteiger partial charge in [-0.2, -0.15) is 0 Å². The van der Waals surface area contributed by atoms with Crippen LogP contribution >= 0.6 is 11.8 Å². The molecule has 0 aliphatic heterocycles. The molecule has 3 aromatic carbocycles. The number of sulfonamides is 1. The van der Waals surface area contributed by atoms with E-state index in [4.69, 9.17) is 0 Å². The van der Waals surface area contributed by atoms with Gasteiger partial charge in [-0.05, 0) is 55.5 Å². The van der Waals surface area contributed by atoms with Gasteiger partial charge in [0.05, 0.1) is 28.6 Å². The highest BCUT2D eigenvalue weighted by atomic mass is 32.2. The van der Waals surface area contributed by atoms with Crippen molar-refractivity contribution in [2.24, 2.45) is 0 Å². The molecule has 0 unspecified atom stereocenters. The summed E-state index contributed by atoms with van der Waals surface area (Å²) in [5.74, 6) is -0.0982. The van der Waals surface area contributed by atoms with Crippen LogP contribution in [-0.4, -0.2) is 35.8 Å². The smallest absolute Gasteiger partial charge is 0.266 e. The average Bonchev–Trinajstić information content (AvgIpc) is 2.78. The molecule has 4 aromatic rings. The van der Waals surface area contributed by atoms with Crippen LogP contribution in [0.2, 0.25) is 0 Å². The summed E-state index contributed by atoms with van der Waals surface area (Å²) in [6.45, 7) is 1.97. The molecule has 0 saturated carbocycles. The maximum Gasteiger partial charge on any atom is 0.266 e. The Morgan fingerprint density at radius 1 is 1.00 bits per heavy atom. The molecule has 0 aliphatic rings. The van der Waals surface area contributed by atoms with Gasteiger partial charge in [0.1, 0.15) is 0 Å². The average molecular weight is 480 g/mol. The predicted molar refractivity (Wildman–Crippen MR) is 132 cm³/mol. The van der Waals surface area contributed by atoms with Crippen molar-refractivity contribution in [1.82, 2.24) is 9.55 Å². The second-order valence-corrected chi connectivity index (χ2v) is 10.2. The Bertz CT molecular complexity index is 1490. The minimum Gasteiger partial charge on any atom is -0.293 e. The van der Waals surface area contributed by atoms with Gasteiger partial charge in [-0.15, -0.1) is 0 Å². The van der Waals surface area contributed by atoms with Crippen molar-refractivity contribution in [3.63, 3.8) is 0 Å². The van der Waals surface area contributed by atoms with Crippen LogP contribution in [0.3, 0.4) is 0 Å². The highest BCUT2D eigenvalue weighted by molar-refractivity contribution is 7.99. The Balaban J connectivity index is 1.64. The van der Waals surface area contributed by atoms with E-state index in [-0.39, 0.29) is 17.1 Å². The number of carbonyl (C=O) groups is 1. The van der Waals surface area contributed by atoms with Crippen molar-refractivity contribution < 1.29 is 13.2 Å². The number of Topliss-reactive ketones (excluding diaryl/α,β-unsaturated/α-hetero) is 1. The summed E-state index contributed by atoms with van der Waals surface area (Å²) < 4.78 is 26.6. The Labute approximate surface area is 195 Å². The molecule has 0 fully saturated rings. The highest BCUT2D eigenvalue weighted by Crippen LogP contribution is 2.23. The van der Waals surface area contributed by atoms with Gasteiger partial charge in [-0.1, -0.05) is 41.6 Å². The maximum atomic E-state index is 13.3. The Morgan fingerprint density at radius 3 is 2.33 bits per heavy atom. The third-order valence-electron chi connectivity index (χ3n) is 4.88. The van der Waals surface area contributed by atoms with Crippen molar-refractivity contribution in [2.75, 3.05) is 16.7 Å². The van der Waals surface area contributed by atoms with E-state index in [2.05, 4.69) is 9.71 Å². The molecule has 0 spiro atoms. The van der Waals surface area contributed by atoms with Crippen LogP contribution in [0.5, 0.6) is 0 Å². The van der Waals surface area contributed by atoms with Crippen molar-refractivity contribution in [3.05, 3.63) is 94.3 Å². The van der Waals surface area contributed by atoms with E-state index >= 15 is 0 Å². The molecule has 33 heavy (non-hydrogen) atoms. The van der Waals surface area contributed by atoms with E-state index in [0.717, 1.165) is 11.8 Å². The zero-order valence-electron chi connectivity index (χ0n) is 18.0. The fraction of sp³-hybridized carbons (Fsp3) is 0.125. The van der Waals surface area contributed by atoms with Crippen LogP contribution in [0.1, 0.15) is 15.9 Å². The van der Waals surface area contributed by atoms with E-state index in [9.17, 15) is 18.0 Å². The SMILES string of the molecule is Cc1ccc(-n2c(SCC(=O)c3ccc(NS(C)(=O)=O)cc3)nc3ccccc3c2=O)cc1. The quantitative estimate of drug-likeness (QED) is 0.244. The molecule has 1 heterocycles. The number of aromatic nitrogens is 2. The van der Waals surface area contributed by atoms with E-state index in [1.807, 2.05) is 37.3 Å². The van der Waals surface area contributed by atoms with Crippen molar-refractivity contribution in [2.45, 2.75) is 12.1 Å². The number of rotatable bonds is 7. The van der Waals surface area contributed by atoms with Crippen LogP contribution < -0.4 is 10.3 Å². The fourth-order valence-electron chi connectivity index (χ4n) is 3.28. The second-order valence-electron chi connectivity index (χ2n) is 7.55. The molecule has 1 aromatic heterocycles. The number of nitrogens with one attached hydrogen (secondary N) is 1. The number of hydrogen-bond donors (Lipinski definition) is 1. The molecule has 0 amide bonds. The van der Waals surface area contributed by atoms with Crippen molar-refractivity contribution >= 4 is 44.2 Å². The van der Waals surface area contributed by atoms with Gasteiger partial charge in [0.25, 0.3) is 5.56 Å². The van der Waals surface area contributed by atoms with Gasteiger partial charge in [0.2, 0.25) is 10.0 Å². The maximum absolute atomic E-state index is 13.3. The predicted octanol–water partition coefficient (Wildman–Crippen LogP) is 4.04. The number of fused-ring (bicyclic) bond motifs is 1. The molecule has 7 nitrogen and oxygen atoms in total. The number of hydrogen-bond acceptors (Lipinski definition) is 6. The number of aryl methyl sites for hydroxylation is 1. The van der Waals surface area contributed by atoms with Gasteiger partial charge in [0, 0.05) is 11.3 Å². The first kappa shape index (κ1) is 22.8. The summed E-state index contributed by atoms with van der Waals surface area (Å²) in [4.78, 5) is 30.7. The van der Waals surface area contributed by atoms with Crippen LogP contribution in [0, 0.1) is 6.92 Å². The van der Waals surface area contributed by atoms with Crippen LogP contribution in [0.15, 0.2) is 82.7 Å². The molecule has 0 aliphatic carbocycles. The van der Waals surface area contributed by atoms with E-state index in [0.29, 0.717) is 33.0 Å². The van der Waals surface area contributed by atoms with E-state index < -0.39 is 10.0 Å². The number of nitrogens with zero attached hydrogens (tertiary/aromatic N) is 2. The molecule has 1 N–H and O–H groups in total. The van der Waals surface area contributed by atoms with E-state index in [1.165, 1.54) is 28.5 Å². The summed E-state index contributed by atoms with van der Waals surface area (Å²) in [7, 11) is -3.39. The third kappa shape index (κ3) is 5.32. The largest absolute Gasteiger partial charge is 0.293 e. The summed E-state index contributed by atoms with van der Waals surface area (Å²) in [5, 5.41) is 0.925. The lowest BCUT2D eigenvalue weighted by Crippen LogP contribution is -2.22. The van der Waals surface area contributed by atoms with E-state index in [1.54, 1.807) is 30.3 Å². The number of benzene rings is 3. The first-order chi connectivity index (χ1) is 15.7. The van der Waals surface area contributed by atoms with Crippen LogP contribution in [-0.2, 0) is 10.0 Å². The zero-order valence-corrected chi connectivity index (χ0v) is 19.6. The monoisotopic (exact) mass is 479 g/mol. The van der Waals surface area contributed by atoms with Crippen LogP contribution in [0.25, 0.3) is 16.6 Å². The van der Waals surface area contributed by atoms with Gasteiger partial charge in [-0.3, -0.25) is 18.9 Å². The summed E-state index contributed by atoms with van der Waals surface area (Å²) in [6.07, 6.45) is 1.06. The topological polar surface area (TPSA) is 98.1 Å². The number of anilines is 1. The zero-order chi connectivity index (χ0) is 23.6. The van der Waals surface area contributed by atoms with Gasteiger partial charge >= 0.3 is 0 Å². The van der Waals surface area contributed by atoms with Crippen molar-refractivity contribution in [3.8, 4) is 5.69 Å². The summed E-state index contributed by atoms with van der Waals surface area (Å²) in [5.41, 5.74) is 2.93. The number of carbonyl (C=O) groups excluding carboxylic acids is 1. The molecular weight excluding hydrogens is 458 g/mol. The molecule has 4 rings (SSSR count). The van der Waals surface area contributed by atoms with Crippen molar-refractivity contribution in [1.29, 1.82) is 0 Å². The molecule has 168 valence electrons. The van der Waals surface area contributed by atoms with Gasteiger partial charge < -0.3 is 0 Å². The van der Waals surface area contributed by atoms with Gasteiger partial charge in [-0.25, -0.2) is 13.4 Å². The van der Waals surface area contributed by atoms with Crippen LogP contribution in [0.4, 0.5) is 5.69 Å². The Morgan fingerprint density at radius 2 is 1.67 bits per heavy atom. The summed E-state index contributed by atoms with van der Waals surface area (Å²) >= 11 is 1.18. The molecule has 0 saturated heterocycles. The lowest BCUT2D eigenvalue weighted by atomic mass is 10.1. The molecule has 9 heteroatoms. The Kier molecular flexibility index (Phi) is 6.35. The number of thioether (sulfide) groups is 1. The molecule has 0 radical (unpaired) electrons. The number of ketones is 1.